The van der Waals surface area contributed by atoms with E-state index in [9.17, 15) is 0 Å². The van der Waals surface area contributed by atoms with Crippen molar-refractivity contribution < 1.29 is 0 Å². The number of guanidine groups is 1. The maximum atomic E-state index is 4.54. The minimum atomic E-state index is 0.543. The number of rotatable bonds is 7. The van der Waals surface area contributed by atoms with Gasteiger partial charge < -0.3 is 15.2 Å². The SMILES string of the molecule is CN=C(NCCc1nccn1Cc1ccccc1)NC1CCC(C(C)C)CC1. The average Bonchev–Trinajstić information content (AvgIpc) is 3.15. The summed E-state index contributed by atoms with van der Waals surface area (Å²) in [5.41, 5.74) is 1.30. The van der Waals surface area contributed by atoms with Crippen LogP contribution in [0.4, 0.5) is 0 Å². The van der Waals surface area contributed by atoms with Crippen LogP contribution in [-0.2, 0) is 13.0 Å². The Hall–Kier alpha value is -2.30. The van der Waals surface area contributed by atoms with Crippen LogP contribution in [0.15, 0.2) is 47.7 Å². The molecular weight excluding hydrogens is 346 g/mol. The molecule has 28 heavy (non-hydrogen) atoms. The first-order valence-corrected chi connectivity index (χ1v) is 10.7. The molecule has 1 fully saturated rings. The van der Waals surface area contributed by atoms with E-state index in [-0.39, 0.29) is 0 Å². The molecular formula is C23H35N5. The highest BCUT2D eigenvalue weighted by Gasteiger charge is 2.23. The van der Waals surface area contributed by atoms with Gasteiger partial charge in [-0.3, -0.25) is 4.99 Å². The predicted molar refractivity (Wildman–Crippen MR) is 117 cm³/mol. The Labute approximate surface area is 169 Å². The summed E-state index contributed by atoms with van der Waals surface area (Å²) in [6.07, 6.45) is 9.95. The maximum absolute atomic E-state index is 4.54. The van der Waals surface area contributed by atoms with Crippen molar-refractivity contribution in [1.82, 2.24) is 20.2 Å². The fraction of sp³-hybridized carbons (Fsp3) is 0.565. The number of nitrogens with zero attached hydrogens (tertiary/aromatic N) is 3. The highest BCUT2D eigenvalue weighted by Crippen LogP contribution is 2.29. The van der Waals surface area contributed by atoms with Gasteiger partial charge in [-0.1, -0.05) is 44.2 Å². The van der Waals surface area contributed by atoms with Gasteiger partial charge in [-0.2, -0.15) is 0 Å². The van der Waals surface area contributed by atoms with E-state index in [1.807, 2.05) is 13.2 Å². The molecule has 1 aromatic carbocycles. The van der Waals surface area contributed by atoms with Crippen LogP contribution in [0.3, 0.4) is 0 Å². The number of benzene rings is 1. The second-order valence-electron chi connectivity index (χ2n) is 8.21. The van der Waals surface area contributed by atoms with E-state index < -0.39 is 0 Å². The lowest BCUT2D eigenvalue weighted by atomic mass is 9.80. The van der Waals surface area contributed by atoms with Crippen LogP contribution in [0.1, 0.15) is 50.9 Å². The van der Waals surface area contributed by atoms with E-state index in [0.717, 1.165) is 43.1 Å². The van der Waals surface area contributed by atoms with E-state index in [1.165, 1.54) is 31.2 Å². The van der Waals surface area contributed by atoms with Crippen LogP contribution in [-0.4, -0.2) is 35.1 Å². The second-order valence-corrected chi connectivity index (χ2v) is 8.21. The zero-order chi connectivity index (χ0) is 19.8. The van der Waals surface area contributed by atoms with Gasteiger partial charge in [-0.05, 0) is 43.1 Å². The highest BCUT2D eigenvalue weighted by atomic mass is 15.2. The third-order valence-electron chi connectivity index (χ3n) is 5.92. The van der Waals surface area contributed by atoms with Crippen LogP contribution in [0.5, 0.6) is 0 Å². The van der Waals surface area contributed by atoms with Gasteiger partial charge in [0.2, 0.25) is 0 Å². The van der Waals surface area contributed by atoms with Gasteiger partial charge >= 0.3 is 0 Å². The first kappa shape index (κ1) is 20.4. The Balaban J connectivity index is 1.44. The molecule has 0 saturated heterocycles. The fourth-order valence-corrected chi connectivity index (χ4v) is 4.10. The maximum Gasteiger partial charge on any atom is 0.191 e. The standard InChI is InChI=1S/C23H35N5/c1-18(2)20-9-11-21(12-10-20)27-23(24-3)26-14-13-22-25-15-16-28(22)17-19-7-5-4-6-8-19/h4-8,15-16,18,20-21H,9-14,17H2,1-3H3,(H2,24,26,27). The van der Waals surface area contributed by atoms with Crippen molar-refractivity contribution in [2.24, 2.45) is 16.8 Å². The van der Waals surface area contributed by atoms with Crippen molar-refractivity contribution in [3.05, 3.63) is 54.1 Å². The van der Waals surface area contributed by atoms with Gasteiger partial charge in [0.1, 0.15) is 5.82 Å². The Morgan fingerprint density at radius 2 is 1.93 bits per heavy atom. The topological polar surface area (TPSA) is 54.2 Å². The molecule has 1 heterocycles. The van der Waals surface area contributed by atoms with Gasteiger partial charge in [0.15, 0.2) is 5.96 Å². The minimum absolute atomic E-state index is 0.543. The molecule has 1 aromatic heterocycles. The molecule has 152 valence electrons. The van der Waals surface area contributed by atoms with Crippen molar-refractivity contribution in [2.45, 2.75) is 58.5 Å². The molecule has 0 amide bonds. The smallest absolute Gasteiger partial charge is 0.191 e. The highest BCUT2D eigenvalue weighted by molar-refractivity contribution is 5.79. The van der Waals surface area contributed by atoms with Crippen molar-refractivity contribution in [1.29, 1.82) is 0 Å². The normalized spacial score (nSPS) is 20.4. The van der Waals surface area contributed by atoms with Crippen LogP contribution < -0.4 is 10.6 Å². The molecule has 0 spiro atoms. The van der Waals surface area contributed by atoms with Crippen molar-refractivity contribution in [2.75, 3.05) is 13.6 Å². The summed E-state index contributed by atoms with van der Waals surface area (Å²) in [5, 5.41) is 7.08. The van der Waals surface area contributed by atoms with Gasteiger partial charge in [0, 0.05) is 45.0 Å². The first-order chi connectivity index (χ1) is 13.7. The lowest BCUT2D eigenvalue weighted by molar-refractivity contribution is 0.250. The molecule has 0 unspecified atom stereocenters. The molecule has 1 aliphatic carbocycles. The van der Waals surface area contributed by atoms with Gasteiger partial charge in [-0.25, -0.2) is 4.98 Å². The van der Waals surface area contributed by atoms with E-state index in [1.54, 1.807) is 0 Å². The molecule has 1 aliphatic rings. The van der Waals surface area contributed by atoms with Gasteiger partial charge in [0.05, 0.1) is 0 Å². The van der Waals surface area contributed by atoms with E-state index in [4.69, 9.17) is 0 Å². The molecule has 2 N–H and O–H groups in total. The Bertz CT molecular complexity index is 726. The molecule has 5 nitrogen and oxygen atoms in total. The number of nitrogens with one attached hydrogen (secondary N) is 2. The monoisotopic (exact) mass is 381 g/mol. The number of aromatic nitrogens is 2. The molecule has 3 rings (SSSR count). The van der Waals surface area contributed by atoms with Gasteiger partial charge in [0.25, 0.3) is 0 Å². The number of hydrogen-bond acceptors (Lipinski definition) is 2. The summed E-state index contributed by atoms with van der Waals surface area (Å²) in [6, 6.07) is 11.1. The fourth-order valence-electron chi connectivity index (χ4n) is 4.10. The minimum Gasteiger partial charge on any atom is -0.356 e. The second kappa shape index (κ2) is 10.3. The number of hydrogen-bond donors (Lipinski definition) is 2. The van der Waals surface area contributed by atoms with E-state index in [0.29, 0.717) is 6.04 Å². The lowest BCUT2D eigenvalue weighted by Crippen LogP contribution is -2.45. The Morgan fingerprint density at radius 1 is 1.18 bits per heavy atom. The summed E-state index contributed by atoms with van der Waals surface area (Å²) < 4.78 is 2.22. The summed E-state index contributed by atoms with van der Waals surface area (Å²) in [6.45, 7) is 6.39. The zero-order valence-electron chi connectivity index (χ0n) is 17.6. The first-order valence-electron chi connectivity index (χ1n) is 10.7. The van der Waals surface area contributed by atoms with E-state index >= 15 is 0 Å². The molecule has 0 atom stereocenters. The largest absolute Gasteiger partial charge is 0.356 e. The van der Waals surface area contributed by atoms with Crippen LogP contribution in [0, 0.1) is 11.8 Å². The molecule has 2 aromatic rings. The predicted octanol–water partition coefficient (Wildman–Crippen LogP) is 3.85. The summed E-state index contributed by atoms with van der Waals surface area (Å²) in [5.74, 6) is 3.70. The Kier molecular flexibility index (Phi) is 7.52. The molecule has 0 radical (unpaired) electrons. The van der Waals surface area contributed by atoms with Crippen molar-refractivity contribution in [3.63, 3.8) is 0 Å². The number of aliphatic imine (C=N–C) groups is 1. The Morgan fingerprint density at radius 3 is 2.61 bits per heavy atom. The summed E-state index contributed by atoms with van der Waals surface area (Å²) >= 11 is 0. The lowest BCUT2D eigenvalue weighted by Gasteiger charge is -2.32. The zero-order valence-corrected chi connectivity index (χ0v) is 17.6. The third-order valence-corrected chi connectivity index (χ3v) is 5.92. The van der Waals surface area contributed by atoms with Crippen molar-refractivity contribution >= 4 is 5.96 Å². The summed E-state index contributed by atoms with van der Waals surface area (Å²) in [4.78, 5) is 8.95. The third kappa shape index (κ3) is 5.85. The molecule has 0 bridgehead atoms. The van der Waals surface area contributed by atoms with Crippen LogP contribution in [0.2, 0.25) is 0 Å². The molecule has 5 heteroatoms. The average molecular weight is 382 g/mol. The summed E-state index contributed by atoms with van der Waals surface area (Å²) in [7, 11) is 1.85. The van der Waals surface area contributed by atoms with Crippen molar-refractivity contribution in [3.8, 4) is 0 Å². The van der Waals surface area contributed by atoms with E-state index in [2.05, 4.69) is 75.6 Å². The quantitative estimate of drug-likeness (QED) is 0.566. The van der Waals surface area contributed by atoms with Gasteiger partial charge in [-0.15, -0.1) is 0 Å². The molecule has 1 saturated carbocycles. The number of imidazole rings is 1. The van der Waals surface area contributed by atoms with Crippen LogP contribution >= 0.6 is 0 Å². The van der Waals surface area contributed by atoms with Crippen LogP contribution in [0.25, 0.3) is 0 Å². The molecule has 0 aliphatic heterocycles.